The molecule has 0 spiro atoms. The van der Waals surface area contributed by atoms with Crippen LogP contribution in [-0.2, 0) is 15.3 Å². The monoisotopic (exact) mass is 464 g/mol. The molecule has 0 amide bonds. The molecule has 0 fully saturated rings. The van der Waals surface area contributed by atoms with Gasteiger partial charge in [-0.1, -0.05) is 35.3 Å². The lowest BCUT2D eigenvalue weighted by atomic mass is 9.92. The minimum absolute atomic E-state index is 0.0157. The topological polar surface area (TPSA) is 76.7 Å². The second-order valence-electron chi connectivity index (χ2n) is 6.42. The third kappa shape index (κ3) is 5.59. The summed E-state index contributed by atoms with van der Waals surface area (Å²) in [4.78, 5) is 25.3. The van der Waals surface area contributed by atoms with Crippen LogP contribution in [0.3, 0.4) is 0 Å². The number of hydrogen-bond donors (Lipinski definition) is 1. The van der Waals surface area contributed by atoms with E-state index >= 15 is 0 Å². The van der Waals surface area contributed by atoms with Crippen LogP contribution in [-0.4, -0.2) is 18.2 Å². The van der Waals surface area contributed by atoms with Crippen molar-refractivity contribution in [2.45, 2.75) is 23.0 Å². The molecule has 0 saturated heterocycles. The van der Waals surface area contributed by atoms with Gasteiger partial charge in [-0.15, -0.1) is 11.8 Å². The quantitative estimate of drug-likeness (QED) is 0.360. The Labute approximate surface area is 187 Å². The van der Waals surface area contributed by atoms with Crippen LogP contribution in [0.4, 0.5) is 0 Å². The Morgan fingerprint density at radius 3 is 2.30 bits per heavy atom. The summed E-state index contributed by atoms with van der Waals surface area (Å²) in [5, 5.41) is 11.6. The molecule has 0 saturated carbocycles. The highest BCUT2D eigenvalue weighted by molar-refractivity contribution is 7.98. The zero-order chi connectivity index (χ0) is 21.7. The van der Waals surface area contributed by atoms with Crippen molar-refractivity contribution in [3.8, 4) is 5.75 Å². The van der Waals surface area contributed by atoms with E-state index in [1.54, 1.807) is 36.4 Å². The van der Waals surface area contributed by atoms with Gasteiger partial charge in [0, 0.05) is 21.0 Å². The van der Waals surface area contributed by atoms with Crippen molar-refractivity contribution >= 4 is 40.9 Å². The maximum Gasteiger partial charge on any atom is 0.306 e. The average Bonchev–Trinajstić information content (AvgIpc) is 2.74. The first-order chi connectivity index (χ1) is 14.4. The summed E-state index contributed by atoms with van der Waals surface area (Å²) >= 11 is 13.3. The van der Waals surface area contributed by atoms with E-state index in [-0.39, 0.29) is 12.2 Å². The Balaban J connectivity index is 1.95. The number of thioether (sulfide) groups is 1. The number of rotatable bonds is 7. The second kappa shape index (κ2) is 10.1. The molecule has 1 N–H and O–H groups in total. The van der Waals surface area contributed by atoms with E-state index in [4.69, 9.17) is 32.4 Å². The molecule has 0 unspecified atom stereocenters. The number of halogens is 2. The summed E-state index contributed by atoms with van der Waals surface area (Å²) in [7, 11) is 1.27. The molecule has 8 heteroatoms. The molecular formula is C22H18Cl2O5S. The molecule has 156 valence electrons. The Hall–Kier alpha value is -2.41. The number of benzene rings is 2. The van der Waals surface area contributed by atoms with Gasteiger partial charge in [-0.3, -0.25) is 9.59 Å². The number of hydrogen-bond acceptors (Lipinski definition) is 6. The van der Waals surface area contributed by atoms with Crippen LogP contribution in [0.2, 0.25) is 10.0 Å². The summed E-state index contributed by atoms with van der Waals surface area (Å²) < 4.78 is 10.7. The van der Waals surface area contributed by atoms with Crippen molar-refractivity contribution in [1.82, 2.24) is 0 Å². The van der Waals surface area contributed by atoms with Crippen LogP contribution in [0.5, 0.6) is 5.75 Å². The van der Waals surface area contributed by atoms with Crippen molar-refractivity contribution in [2.75, 3.05) is 7.11 Å². The lowest BCUT2D eigenvalue weighted by Crippen LogP contribution is -2.14. The molecule has 3 rings (SSSR count). The predicted molar refractivity (Wildman–Crippen MR) is 118 cm³/mol. The summed E-state index contributed by atoms with van der Waals surface area (Å²) in [6.07, 6.45) is -0.109. The van der Waals surface area contributed by atoms with Crippen LogP contribution in [0.15, 0.2) is 68.7 Å². The molecule has 2 aromatic carbocycles. The minimum Gasteiger partial charge on any atom is -0.502 e. The number of aromatic hydroxyl groups is 1. The number of carbonyl (C=O) groups is 1. The van der Waals surface area contributed by atoms with E-state index < -0.39 is 23.1 Å². The Kier molecular flexibility index (Phi) is 7.48. The van der Waals surface area contributed by atoms with Gasteiger partial charge in [-0.05, 0) is 42.0 Å². The lowest BCUT2D eigenvalue weighted by molar-refractivity contribution is -0.140. The Morgan fingerprint density at radius 2 is 1.70 bits per heavy atom. The first-order valence-electron chi connectivity index (χ1n) is 8.94. The SMILES string of the molecule is COC(=O)C[C@@H](c1ccc(Cl)cc1)c1oc(CSc2ccc(Cl)cc2)cc(=O)c1O. The van der Waals surface area contributed by atoms with Crippen molar-refractivity contribution < 1.29 is 19.1 Å². The molecule has 1 atom stereocenters. The van der Waals surface area contributed by atoms with Gasteiger partial charge in [0.25, 0.3) is 0 Å². The molecule has 30 heavy (non-hydrogen) atoms. The number of carbonyl (C=O) groups excluding carboxylic acids is 1. The van der Waals surface area contributed by atoms with Crippen LogP contribution >= 0.6 is 35.0 Å². The Bertz CT molecular complexity index is 1080. The van der Waals surface area contributed by atoms with E-state index in [0.29, 0.717) is 27.1 Å². The van der Waals surface area contributed by atoms with E-state index in [0.717, 1.165) is 4.90 Å². The van der Waals surface area contributed by atoms with Gasteiger partial charge in [-0.2, -0.15) is 0 Å². The maximum atomic E-state index is 12.4. The molecule has 0 aliphatic carbocycles. The zero-order valence-electron chi connectivity index (χ0n) is 15.9. The minimum atomic E-state index is -0.706. The molecule has 5 nitrogen and oxygen atoms in total. The third-order valence-corrected chi connectivity index (χ3v) is 5.92. The molecule has 3 aromatic rings. The maximum absolute atomic E-state index is 12.4. The first kappa shape index (κ1) is 22.3. The summed E-state index contributed by atoms with van der Waals surface area (Å²) in [6, 6.07) is 15.3. The summed E-state index contributed by atoms with van der Waals surface area (Å²) in [5.74, 6) is -0.992. The fraction of sp³-hybridized carbons (Fsp3) is 0.182. The lowest BCUT2D eigenvalue weighted by Gasteiger charge is -2.17. The number of methoxy groups -OCH3 is 1. The van der Waals surface area contributed by atoms with Gasteiger partial charge in [0.1, 0.15) is 5.76 Å². The van der Waals surface area contributed by atoms with Gasteiger partial charge in [0.2, 0.25) is 11.2 Å². The van der Waals surface area contributed by atoms with E-state index in [9.17, 15) is 14.7 Å². The average molecular weight is 465 g/mol. The van der Waals surface area contributed by atoms with Crippen molar-refractivity contribution in [2.24, 2.45) is 0 Å². The highest BCUT2D eigenvalue weighted by Crippen LogP contribution is 2.35. The molecule has 1 heterocycles. The van der Waals surface area contributed by atoms with Gasteiger partial charge < -0.3 is 14.3 Å². The fourth-order valence-electron chi connectivity index (χ4n) is 2.85. The van der Waals surface area contributed by atoms with Crippen molar-refractivity contribution in [1.29, 1.82) is 0 Å². The molecule has 0 bridgehead atoms. The highest BCUT2D eigenvalue weighted by Gasteiger charge is 2.26. The predicted octanol–water partition coefficient (Wildman–Crippen LogP) is 5.64. The van der Waals surface area contributed by atoms with Crippen LogP contribution in [0, 0.1) is 0 Å². The summed E-state index contributed by atoms with van der Waals surface area (Å²) in [5.41, 5.74) is 0.0811. The smallest absolute Gasteiger partial charge is 0.306 e. The third-order valence-electron chi connectivity index (χ3n) is 4.38. The van der Waals surface area contributed by atoms with Crippen molar-refractivity contribution in [3.63, 3.8) is 0 Å². The van der Waals surface area contributed by atoms with Crippen molar-refractivity contribution in [3.05, 3.63) is 91.9 Å². The molecule has 0 aliphatic rings. The fourth-order valence-corrected chi connectivity index (χ4v) is 3.89. The van der Waals surface area contributed by atoms with Crippen LogP contribution in [0.25, 0.3) is 0 Å². The van der Waals surface area contributed by atoms with Gasteiger partial charge in [0.15, 0.2) is 5.76 Å². The zero-order valence-corrected chi connectivity index (χ0v) is 18.3. The second-order valence-corrected chi connectivity index (χ2v) is 8.34. The normalized spacial score (nSPS) is 11.8. The first-order valence-corrected chi connectivity index (χ1v) is 10.7. The molecule has 0 radical (unpaired) electrons. The van der Waals surface area contributed by atoms with E-state index in [2.05, 4.69) is 0 Å². The van der Waals surface area contributed by atoms with E-state index in [1.807, 2.05) is 12.1 Å². The highest BCUT2D eigenvalue weighted by atomic mass is 35.5. The van der Waals surface area contributed by atoms with Crippen LogP contribution in [0.1, 0.15) is 29.4 Å². The van der Waals surface area contributed by atoms with Gasteiger partial charge >= 0.3 is 5.97 Å². The molecule has 0 aliphatic heterocycles. The summed E-state index contributed by atoms with van der Waals surface area (Å²) in [6.45, 7) is 0. The number of ether oxygens (including phenoxy) is 1. The van der Waals surface area contributed by atoms with Gasteiger partial charge in [0.05, 0.1) is 25.2 Å². The van der Waals surface area contributed by atoms with Crippen LogP contribution < -0.4 is 5.43 Å². The molecule has 1 aromatic heterocycles. The van der Waals surface area contributed by atoms with E-state index in [1.165, 1.54) is 24.9 Å². The Morgan fingerprint density at radius 1 is 1.10 bits per heavy atom. The molecular weight excluding hydrogens is 447 g/mol. The number of esters is 1. The largest absolute Gasteiger partial charge is 0.502 e. The van der Waals surface area contributed by atoms with Gasteiger partial charge in [-0.25, -0.2) is 0 Å². The standard InChI is InChI=1S/C22H18Cl2O5S/c1-28-20(26)11-18(13-2-4-14(23)5-3-13)22-21(27)19(25)10-16(29-22)12-30-17-8-6-15(24)7-9-17/h2-10,18,27H,11-12H2,1H3/t18-/m0/s1.